The van der Waals surface area contributed by atoms with Crippen molar-refractivity contribution >= 4 is 0 Å². The van der Waals surface area contributed by atoms with E-state index in [0.717, 1.165) is 30.5 Å². The van der Waals surface area contributed by atoms with Gasteiger partial charge in [-0.15, -0.1) is 0 Å². The van der Waals surface area contributed by atoms with Crippen molar-refractivity contribution in [2.24, 2.45) is 0 Å². The molecule has 0 bridgehead atoms. The van der Waals surface area contributed by atoms with E-state index >= 15 is 0 Å². The van der Waals surface area contributed by atoms with E-state index in [0.29, 0.717) is 18.4 Å². The van der Waals surface area contributed by atoms with Gasteiger partial charge in [-0.1, -0.05) is 26.0 Å². The number of ether oxygens (including phenoxy) is 1. The summed E-state index contributed by atoms with van der Waals surface area (Å²) < 4.78 is 5.24. The third-order valence-corrected chi connectivity index (χ3v) is 4.10. The summed E-state index contributed by atoms with van der Waals surface area (Å²) in [7, 11) is 1.74. The molecule has 1 atom stereocenters. The molecule has 0 heterocycles. The van der Waals surface area contributed by atoms with Gasteiger partial charge in [0.1, 0.15) is 5.75 Å². The summed E-state index contributed by atoms with van der Waals surface area (Å²) in [4.78, 5) is 2.44. The van der Waals surface area contributed by atoms with E-state index in [9.17, 15) is 5.11 Å². The lowest BCUT2D eigenvalue weighted by atomic mass is 10.00. The fourth-order valence-corrected chi connectivity index (χ4v) is 2.83. The number of hydrogen-bond donors (Lipinski definition) is 1. The van der Waals surface area contributed by atoms with Crippen LogP contribution in [0, 0.1) is 6.92 Å². The van der Waals surface area contributed by atoms with Gasteiger partial charge in [-0.25, -0.2) is 0 Å². The molecule has 0 aliphatic heterocycles. The highest BCUT2D eigenvalue weighted by atomic mass is 16.5. The zero-order valence-corrected chi connectivity index (χ0v) is 13.5. The van der Waals surface area contributed by atoms with E-state index in [-0.39, 0.29) is 6.04 Å². The lowest BCUT2D eigenvalue weighted by Crippen LogP contribution is -2.39. The van der Waals surface area contributed by atoms with Crippen LogP contribution in [0.15, 0.2) is 18.2 Å². The van der Waals surface area contributed by atoms with Crippen molar-refractivity contribution in [1.82, 2.24) is 4.90 Å². The van der Waals surface area contributed by atoms with Gasteiger partial charge in [-0.05, 0) is 38.3 Å². The SMILES string of the molecule is CCC(CC)N(CCOC)C(C)c1ccc(C)cc1O. The molecule has 0 aromatic heterocycles. The van der Waals surface area contributed by atoms with Gasteiger partial charge in [0.05, 0.1) is 6.61 Å². The Kier molecular flexibility index (Phi) is 7.03. The Morgan fingerprint density at radius 1 is 1.25 bits per heavy atom. The van der Waals surface area contributed by atoms with Crippen molar-refractivity contribution in [3.05, 3.63) is 29.3 Å². The number of aryl methyl sites for hydroxylation is 1. The van der Waals surface area contributed by atoms with Gasteiger partial charge in [-0.3, -0.25) is 4.90 Å². The highest BCUT2D eigenvalue weighted by molar-refractivity contribution is 5.37. The molecule has 0 saturated carbocycles. The van der Waals surface area contributed by atoms with Crippen molar-refractivity contribution in [3.63, 3.8) is 0 Å². The van der Waals surface area contributed by atoms with Crippen LogP contribution in [-0.2, 0) is 4.74 Å². The summed E-state index contributed by atoms with van der Waals surface area (Å²) in [6, 6.07) is 6.65. The number of methoxy groups -OCH3 is 1. The predicted octanol–water partition coefficient (Wildman–Crippen LogP) is 3.90. The Hall–Kier alpha value is -1.06. The number of benzene rings is 1. The van der Waals surface area contributed by atoms with Crippen LogP contribution < -0.4 is 0 Å². The number of hydrogen-bond acceptors (Lipinski definition) is 3. The quantitative estimate of drug-likeness (QED) is 0.783. The second kappa shape index (κ2) is 8.28. The van der Waals surface area contributed by atoms with Gasteiger partial charge in [0.2, 0.25) is 0 Å². The zero-order valence-electron chi connectivity index (χ0n) is 13.5. The molecule has 20 heavy (non-hydrogen) atoms. The van der Waals surface area contributed by atoms with E-state index in [2.05, 4.69) is 31.7 Å². The summed E-state index contributed by atoms with van der Waals surface area (Å²) >= 11 is 0. The van der Waals surface area contributed by atoms with Crippen LogP contribution >= 0.6 is 0 Å². The van der Waals surface area contributed by atoms with Crippen LogP contribution in [0.5, 0.6) is 5.75 Å². The van der Waals surface area contributed by atoms with E-state index in [1.54, 1.807) is 7.11 Å². The third-order valence-electron chi connectivity index (χ3n) is 4.10. The maximum Gasteiger partial charge on any atom is 0.120 e. The Balaban J connectivity index is 2.98. The topological polar surface area (TPSA) is 32.7 Å². The first-order chi connectivity index (χ1) is 9.54. The average molecular weight is 279 g/mol. The van der Waals surface area contributed by atoms with Crippen LogP contribution in [0.25, 0.3) is 0 Å². The Bertz CT molecular complexity index is 402. The molecule has 0 spiro atoms. The molecular formula is C17H29NO2. The zero-order chi connectivity index (χ0) is 15.1. The molecule has 1 N–H and O–H groups in total. The summed E-state index contributed by atoms with van der Waals surface area (Å²) in [6.45, 7) is 10.2. The summed E-state index contributed by atoms with van der Waals surface area (Å²) in [5.41, 5.74) is 2.09. The van der Waals surface area contributed by atoms with E-state index < -0.39 is 0 Å². The smallest absolute Gasteiger partial charge is 0.120 e. The Morgan fingerprint density at radius 2 is 1.90 bits per heavy atom. The first kappa shape index (κ1) is 17.0. The minimum atomic E-state index is 0.190. The maximum atomic E-state index is 10.2. The van der Waals surface area contributed by atoms with Crippen molar-refractivity contribution in [1.29, 1.82) is 0 Å². The van der Waals surface area contributed by atoms with Gasteiger partial charge < -0.3 is 9.84 Å². The van der Waals surface area contributed by atoms with Gasteiger partial charge in [-0.2, -0.15) is 0 Å². The number of phenolic OH excluding ortho intramolecular Hbond substituents is 1. The van der Waals surface area contributed by atoms with Crippen molar-refractivity contribution in [2.75, 3.05) is 20.3 Å². The molecule has 0 radical (unpaired) electrons. The van der Waals surface area contributed by atoms with Gasteiger partial charge in [0.25, 0.3) is 0 Å². The first-order valence-electron chi connectivity index (χ1n) is 7.59. The molecule has 0 saturated heterocycles. The molecule has 1 rings (SSSR count). The van der Waals surface area contributed by atoms with Gasteiger partial charge >= 0.3 is 0 Å². The lowest BCUT2D eigenvalue weighted by molar-refractivity contribution is 0.0845. The molecule has 1 aromatic carbocycles. The second-order valence-electron chi connectivity index (χ2n) is 5.44. The molecule has 3 nitrogen and oxygen atoms in total. The maximum absolute atomic E-state index is 10.2. The minimum Gasteiger partial charge on any atom is -0.508 e. The summed E-state index contributed by atoms with van der Waals surface area (Å²) in [6.07, 6.45) is 2.22. The predicted molar refractivity (Wildman–Crippen MR) is 84.2 cm³/mol. The molecular weight excluding hydrogens is 250 g/mol. The highest BCUT2D eigenvalue weighted by Gasteiger charge is 2.23. The lowest BCUT2D eigenvalue weighted by Gasteiger charge is -2.36. The number of phenols is 1. The number of aromatic hydroxyl groups is 1. The van der Waals surface area contributed by atoms with Gasteiger partial charge in [0, 0.05) is 31.3 Å². The second-order valence-corrected chi connectivity index (χ2v) is 5.44. The number of nitrogens with zero attached hydrogens (tertiary/aromatic N) is 1. The van der Waals surface area contributed by atoms with E-state index in [1.165, 1.54) is 0 Å². The fourth-order valence-electron chi connectivity index (χ4n) is 2.83. The van der Waals surface area contributed by atoms with Crippen molar-refractivity contribution < 1.29 is 9.84 Å². The van der Waals surface area contributed by atoms with Crippen LogP contribution in [0.2, 0.25) is 0 Å². The monoisotopic (exact) mass is 279 g/mol. The Labute approximate surface area is 123 Å². The van der Waals surface area contributed by atoms with Crippen molar-refractivity contribution in [3.8, 4) is 5.75 Å². The number of rotatable bonds is 8. The molecule has 0 amide bonds. The molecule has 3 heteroatoms. The Morgan fingerprint density at radius 3 is 2.40 bits per heavy atom. The molecule has 0 fully saturated rings. The highest BCUT2D eigenvalue weighted by Crippen LogP contribution is 2.31. The summed E-state index contributed by atoms with van der Waals surface area (Å²) in [5.74, 6) is 0.394. The van der Waals surface area contributed by atoms with Crippen LogP contribution in [0.4, 0.5) is 0 Å². The van der Waals surface area contributed by atoms with Crippen LogP contribution in [-0.4, -0.2) is 36.3 Å². The standard InChI is InChI=1S/C17H29NO2/c1-6-15(7-2)18(10-11-20-5)14(4)16-9-8-13(3)12-17(16)19/h8-9,12,14-15,19H,6-7,10-11H2,1-5H3. The minimum absolute atomic E-state index is 0.190. The molecule has 0 aliphatic rings. The average Bonchev–Trinajstić information content (AvgIpc) is 2.43. The molecule has 1 aromatic rings. The third kappa shape index (κ3) is 4.22. The van der Waals surface area contributed by atoms with Crippen LogP contribution in [0.1, 0.15) is 50.8 Å². The first-order valence-corrected chi connectivity index (χ1v) is 7.59. The molecule has 114 valence electrons. The van der Waals surface area contributed by atoms with Crippen LogP contribution in [0.3, 0.4) is 0 Å². The molecule has 0 aliphatic carbocycles. The van der Waals surface area contributed by atoms with Crippen molar-refractivity contribution in [2.45, 2.75) is 52.6 Å². The summed E-state index contributed by atoms with van der Waals surface area (Å²) in [5, 5.41) is 10.2. The normalized spacial score (nSPS) is 13.2. The largest absolute Gasteiger partial charge is 0.508 e. The van der Waals surface area contributed by atoms with Gasteiger partial charge in [0.15, 0.2) is 0 Å². The van der Waals surface area contributed by atoms with E-state index in [4.69, 9.17) is 4.74 Å². The fraction of sp³-hybridized carbons (Fsp3) is 0.647. The van der Waals surface area contributed by atoms with E-state index in [1.807, 2.05) is 19.1 Å². The molecule has 1 unspecified atom stereocenters.